The van der Waals surface area contributed by atoms with Crippen LogP contribution in [0.3, 0.4) is 0 Å². The number of halogens is 4. The first kappa shape index (κ1) is 25.4. The normalized spacial score (nSPS) is 13.7. The quantitative estimate of drug-likeness (QED) is 0.267. The predicted octanol–water partition coefficient (Wildman–Crippen LogP) is 6.57. The molecule has 0 unspecified atom stereocenters. The van der Waals surface area contributed by atoms with Gasteiger partial charge in [-0.3, -0.25) is 0 Å². The van der Waals surface area contributed by atoms with Crippen LogP contribution in [0, 0.1) is 0 Å². The number of para-hydroxylation sites is 1. The maximum atomic E-state index is 13.1. The Bertz CT molecular complexity index is 1650. The van der Waals surface area contributed by atoms with Crippen molar-refractivity contribution in [3.05, 3.63) is 82.0 Å². The average molecular weight is 552 g/mol. The van der Waals surface area contributed by atoms with E-state index in [1.807, 2.05) is 21.7 Å². The minimum atomic E-state index is -4.49. The Labute approximate surface area is 227 Å². The monoisotopic (exact) mass is 551 g/mol. The lowest BCUT2D eigenvalue weighted by Gasteiger charge is -2.27. The molecule has 0 aliphatic carbocycles. The standard InChI is InChI=1S/C28H25ClF3N7/c1-3-16-6-5-7-17(4-2)25(16)39-26(19-8-9-22-24(23(19)29)36-15-35-22)20-14-38(11-10-21(20)37-39)27-33-12-18(13-34-27)28(30,31)32/h5-9,12-13,15H,3-4,10-11,14H2,1-2H3,(H,35,36). The SMILES string of the molecule is CCc1cccc(CC)c1-n1nc2c(c1-c1ccc3[nH]cnc3c1Cl)CN(c1ncc(C(F)(F)F)cn1)CC2. The van der Waals surface area contributed by atoms with Crippen LogP contribution >= 0.6 is 11.6 Å². The second kappa shape index (κ2) is 9.68. The minimum Gasteiger partial charge on any atom is -0.345 e. The van der Waals surface area contributed by atoms with E-state index in [9.17, 15) is 13.2 Å². The Morgan fingerprint density at radius 1 is 1.00 bits per heavy atom. The summed E-state index contributed by atoms with van der Waals surface area (Å²) in [6, 6.07) is 10.2. The van der Waals surface area contributed by atoms with Crippen molar-refractivity contribution in [1.29, 1.82) is 0 Å². The fourth-order valence-electron chi connectivity index (χ4n) is 5.26. The molecule has 200 valence electrons. The van der Waals surface area contributed by atoms with Gasteiger partial charge in [0.1, 0.15) is 5.52 Å². The molecule has 0 amide bonds. The van der Waals surface area contributed by atoms with Crippen LogP contribution in [0.5, 0.6) is 0 Å². The first-order chi connectivity index (χ1) is 18.8. The summed E-state index contributed by atoms with van der Waals surface area (Å²) in [6.45, 7) is 5.14. The lowest BCUT2D eigenvalue weighted by molar-refractivity contribution is -0.138. The van der Waals surface area contributed by atoms with E-state index in [1.54, 1.807) is 6.33 Å². The third-order valence-electron chi connectivity index (χ3n) is 7.24. The summed E-state index contributed by atoms with van der Waals surface area (Å²) in [4.78, 5) is 17.5. The molecule has 7 nitrogen and oxygen atoms in total. The number of rotatable bonds is 5. The molecule has 39 heavy (non-hydrogen) atoms. The highest BCUT2D eigenvalue weighted by Crippen LogP contribution is 2.40. The zero-order valence-electron chi connectivity index (χ0n) is 21.3. The number of aromatic nitrogens is 6. The van der Waals surface area contributed by atoms with Gasteiger partial charge in [-0.1, -0.05) is 43.6 Å². The second-order valence-electron chi connectivity index (χ2n) is 9.48. The van der Waals surface area contributed by atoms with Crippen molar-refractivity contribution in [2.45, 2.75) is 45.8 Å². The van der Waals surface area contributed by atoms with Crippen LogP contribution in [0.15, 0.2) is 49.1 Å². The van der Waals surface area contributed by atoms with Crippen LogP contribution in [0.1, 0.15) is 41.8 Å². The van der Waals surface area contributed by atoms with Crippen molar-refractivity contribution in [3.63, 3.8) is 0 Å². The maximum Gasteiger partial charge on any atom is 0.419 e. The molecular formula is C28H25ClF3N7. The van der Waals surface area contributed by atoms with Gasteiger partial charge in [0, 0.05) is 43.0 Å². The number of H-pyrrole nitrogens is 1. The van der Waals surface area contributed by atoms with E-state index >= 15 is 0 Å². The summed E-state index contributed by atoms with van der Waals surface area (Å²) < 4.78 is 41.3. The highest BCUT2D eigenvalue weighted by Gasteiger charge is 2.33. The average Bonchev–Trinajstić information content (AvgIpc) is 3.57. The molecule has 2 aromatic carbocycles. The second-order valence-corrected chi connectivity index (χ2v) is 9.86. The van der Waals surface area contributed by atoms with Gasteiger partial charge in [-0.15, -0.1) is 0 Å². The molecule has 4 heterocycles. The first-order valence-electron chi connectivity index (χ1n) is 12.8. The van der Waals surface area contributed by atoms with Gasteiger partial charge < -0.3 is 9.88 Å². The van der Waals surface area contributed by atoms with Crippen LogP contribution in [-0.2, 0) is 32.0 Å². The number of benzene rings is 2. The number of imidazole rings is 1. The molecule has 0 spiro atoms. The molecule has 0 saturated heterocycles. The van der Waals surface area contributed by atoms with Crippen LogP contribution in [0.25, 0.3) is 28.0 Å². The topological polar surface area (TPSA) is 75.5 Å². The third-order valence-corrected chi connectivity index (χ3v) is 7.63. The fraction of sp³-hybridized carbons (Fsp3) is 0.286. The molecule has 0 atom stereocenters. The molecule has 0 radical (unpaired) electrons. The Morgan fingerprint density at radius 2 is 1.72 bits per heavy atom. The molecular weight excluding hydrogens is 527 g/mol. The largest absolute Gasteiger partial charge is 0.419 e. The zero-order valence-corrected chi connectivity index (χ0v) is 22.1. The number of aromatic amines is 1. The molecule has 3 aromatic heterocycles. The number of alkyl halides is 3. The van der Waals surface area contributed by atoms with Gasteiger partial charge >= 0.3 is 6.18 Å². The number of hydrogen-bond donors (Lipinski definition) is 1. The summed E-state index contributed by atoms with van der Waals surface area (Å²) in [5.74, 6) is 0.240. The molecule has 1 N–H and O–H groups in total. The van der Waals surface area contributed by atoms with Gasteiger partial charge in [0.05, 0.1) is 39.5 Å². The van der Waals surface area contributed by atoms with E-state index in [4.69, 9.17) is 16.7 Å². The number of hydrogen-bond acceptors (Lipinski definition) is 5. The summed E-state index contributed by atoms with van der Waals surface area (Å²) in [5.41, 5.74) is 7.45. The van der Waals surface area contributed by atoms with E-state index in [0.29, 0.717) is 30.0 Å². The van der Waals surface area contributed by atoms with Gasteiger partial charge in [0.15, 0.2) is 0 Å². The van der Waals surface area contributed by atoms with Crippen LogP contribution in [0.2, 0.25) is 5.02 Å². The molecule has 6 rings (SSSR count). The third kappa shape index (κ3) is 4.32. The maximum absolute atomic E-state index is 13.1. The van der Waals surface area contributed by atoms with Gasteiger partial charge in [-0.25, -0.2) is 19.6 Å². The molecule has 0 fully saturated rings. The fourth-order valence-corrected chi connectivity index (χ4v) is 5.56. The minimum absolute atomic E-state index is 0.240. The molecule has 0 saturated carbocycles. The molecule has 5 aromatic rings. The predicted molar refractivity (Wildman–Crippen MR) is 144 cm³/mol. The van der Waals surface area contributed by atoms with E-state index < -0.39 is 11.7 Å². The van der Waals surface area contributed by atoms with Crippen molar-refractivity contribution in [2.24, 2.45) is 0 Å². The van der Waals surface area contributed by atoms with E-state index in [0.717, 1.165) is 70.1 Å². The lowest BCUT2D eigenvalue weighted by Crippen LogP contribution is -2.31. The highest BCUT2D eigenvalue weighted by atomic mass is 35.5. The summed E-state index contributed by atoms with van der Waals surface area (Å²) in [6.07, 6.45) is 1.00. The van der Waals surface area contributed by atoms with Crippen molar-refractivity contribution in [1.82, 2.24) is 29.7 Å². The van der Waals surface area contributed by atoms with E-state index in [-0.39, 0.29) is 5.95 Å². The number of anilines is 1. The Hall–Kier alpha value is -3.92. The Kier molecular flexibility index (Phi) is 6.29. The number of aryl methyl sites for hydroxylation is 2. The van der Waals surface area contributed by atoms with Crippen LogP contribution in [0.4, 0.5) is 19.1 Å². The van der Waals surface area contributed by atoms with Crippen molar-refractivity contribution in [2.75, 3.05) is 11.4 Å². The van der Waals surface area contributed by atoms with Crippen LogP contribution in [-0.4, -0.2) is 36.3 Å². The molecule has 11 heteroatoms. The molecule has 0 bridgehead atoms. The first-order valence-corrected chi connectivity index (χ1v) is 13.2. The summed E-state index contributed by atoms with van der Waals surface area (Å²) in [7, 11) is 0. The highest BCUT2D eigenvalue weighted by molar-refractivity contribution is 6.37. The molecule has 1 aliphatic heterocycles. The zero-order chi connectivity index (χ0) is 27.3. The Morgan fingerprint density at radius 3 is 2.38 bits per heavy atom. The van der Waals surface area contributed by atoms with E-state index in [1.165, 1.54) is 0 Å². The van der Waals surface area contributed by atoms with E-state index in [2.05, 4.69) is 52.0 Å². The van der Waals surface area contributed by atoms with Crippen molar-refractivity contribution in [3.8, 4) is 16.9 Å². The smallest absolute Gasteiger partial charge is 0.345 e. The number of nitrogens with zero attached hydrogens (tertiary/aromatic N) is 6. The van der Waals surface area contributed by atoms with Gasteiger partial charge in [0.25, 0.3) is 0 Å². The number of nitrogens with one attached hydrogen (secondary N) is 1. The summed E-state index contributed by atoms with van der Waals surface area (Å²) in [5, 5.41) is 5.62. The van der Waals surface area contributed by atoms with Gasteiger partial charge in [0.2, 0.25) is 5.95 Å². The van der Waals surface area contributed by atoms with Crippen molar-refractivity contribution < 1.29 is 13.2 Å². The van der Waals surface area contributed by atoms with Gasteiger partial charge in [-0.2, -0.15) is 18.3 Å². The summed E-state index contributed by atoms with van der Waals surface area (Å²) >= 11 is 6.97. The molecule has 1 aliphatic rings. The van der Waals surface area contributed by atoms with Crippen LogP contribution < -0.4 is 4.90 Å². The van der Waals surface area contributed by atoms with Gasteiger partial charge in [-0.05, 0) is 36.1 Å². The van der Waals surface area contributed by atoms with Crippen molar-refractivity contribution >= 4 is 28.6 Å². The Balaban J connectivity index is 1.54. The number of fused-ring (bicyclic) bond motifs is 2. The lowest BCUT2D eigenvalue weighted by atomic mass is 9.99.